The molecule has 0 aliphatic carbocycles. The van der Waals surface area contributed by atoms with Crippen LogP contribution in [0.2, 0.25) is 0 Å². The summed E-state index contributed by atoms with van der Waals surface area (Å²) in [6, 6.07) is 4.13. The summed E-state index contributed by atoms with van der Waals surface area (Å²) in [5, 5.41) is 7.06. The summed E-state index contributed by atoms with van der Waals surface area (Å²) in [6.07, 6.45) is 6.13. The number of rotatable bonds is 3. The van der Waals surface area contributed by atoms with E-state index in [0.29, 0.717) is 0 Å². The molecule has 0 bridgehead atoms. The zero-order valence-corrected chi connectivity index (χ0v) is 8.59. The molecular weight excluding hydrogens is 174 g/mol. The first-order valence-electron chi connectivity index (χ1n) is 5.28. The van der Waals surface area contributed by atoms with Crippen LogP contribution in [-0.4, -0.2) is 18.1 Å². The molecule has 1 atom stereocenters. The van der Waals surface area contributed by atoms with Crippen LogP contribution < -0.4 is 10.6 Å². The number of pyridine rings is 1. The predicted molar refractivity (Wildman–Crippen MR) is 56.8 cm³/mol. The van der Waals surface area contributed by atoms with Gasteiger partial charge in [-0.2, -0.15) is 0 Å². The fourth-order valence-electron chi connectivity index (χ4n) is 2.16. The van der Waals surface area contributed by atoms with E-state index in [4.69, 9.17) is 0 Å². The lowest BCUT2D eigenvalue weighted by molar-refractivity contribution is 0.308. The molecule has 2 heterocycles. The first kappa shape index (κ1) is 9.62. The highest BCUT2D eigenvalue weighted by molar-refractivity contribution is 5.21. The maximum absolute atomic E-state index is 4.18. The summed E-state index contributed by atoms with van der Waals surface area (Å²) in [7, 11) is 0. The summed E-state index contributed by atoms with van der Waals surface area (Å²) in [5.74, 6) is 0. The zero-order valence-electron chi connectivity index (χ0n) is 8.59. The number of nitrogens with one attached hydrogen (secondary N) is 2. The van der Waals surface area contributed by atoms with E-state index >= 15 is 0 Å². The summed E-state index contributed by atoms with van der Waals surface area (Å²) < 4.78 is 0. The molecule has 1 unspecified atom stereocenters. The fourth-order valence-corrected chi connectivity index (χ4v) is 2.16. The van der Waals surface area contributed by atoms with Gasteiger partial charge in [-0.05, 0) is 32.0 Å². The van der Waals surface area contributed by atoms with Gasteiger partial charge in [-0.1, -0.05) is 13.0 Å². The molecule has 14 heavy (non-hydrogen) atoms. The maximum Gasteiger partial charge on any atom is 0.0965 e. The second-order valence-electron chi connectivity index (χ2n) is 3.71. The van der Waals surface area contributed by atoms with Gasteiger partial charge in [-0.3, -0.25) is 15.6 Å². The Kier molecular flexibility index (Phi) is 2.79. The standard InChI is InChI=1S/C11H17N3/c1-2-13-11(6-4-8-14-11)10-5-3-7-12-9-10/h3,5,7,9,13-14H,2,4,6,8H2,1H3. The molecule has 1 fully saturated rings. The van der Waals surface area contributed by atoms with E-state index in [2.05, 4.69) is 28.6 Å². The molecule has 0 spiro atoms. The van der Waals surface area contributed by atoms with Crippen LogP contribution in [-0.2, 0) is 5.66 Å². The molecule has 2 rings (SSSR count). The van der Waals surface area contributed by atoms with Crippen LogP contribution in [0.3, 0.4) is 0 Å². The van der Waals surface area contributed by atoms with E-state index in [1.165, 1.54) is 12.0 Å². The van der Waals surface area contributed by atoms with Crippen LogP contribution in [0, 0.1) is 0 Å². The molecule has 76 valence electrons. The number of nitrogens with zero attached hydrogens (tertiary/aromatic N) is 1. The van der Waals surface area contributed by atoms with Gasteiger partial charge in [0.2, 0.25) is 0 Å². The molecule has 3 heteroatoms. The van der Waals surface area contributed by atoms with E-state index < -0.39 is 0 Å². The van der Waals surface area contributed by atoms with E-state index in [9.17, 15) is 0 Å². The second kappa shape index (κ2) is 4.07. The topological polar surface area (TPSA) is 37.0 Å². The molecule has 0 saturated carbocycles. The van der Waals surface area contributed by atoms with Crippen molar-refractivity contribution in [2.24, 2.45) is 0 Å². The molecule has 1 aliphatic heterocycles. The molecule has 1 aromatic rings. The second-order valence-corrected chi connectivity index (χ2v) is 3.71. The quantitative estimate of drug-likeness (QED) is 0.754. The first-order valence-corrected chi connectivity index (χ1v) is 5.28. The largest absolute Gasteiger partial charge is 0.296 e. The van der Waals surface area contributed by atoms with E-state index in [0.717, 1.165) is 19.5 Å². The molecule has 1 saturated heterocycles. The number of hydrogen-bond donors (Lipinski definition) is 2. The SMILES string of the molecule is CCNC1(c2cccnc2)CCCN1. The number of aromatic nitrogens is 1. The van der Waals surface area contributed by atoms with Crippen molar-refractivity contribution in [3.63, 3.8) is 0 Å². The predicted octanol–water partition coefficient (Wildman–Crippen LogP) is 1.23. The van der Waals surface area contributed by atoms with E-state index in [1.807, 2.05) is 18.5 Å². The third kappa shape index (κ3) is 1.65. The van der Waals surface area contributed by atoms with Gasteiger partial charge in [0.05, 0.1) is 5.66 Å². The van der Waals surface area contributed by atoms with Crippen molar-refractivity contribution in [3.05, 3.63) is 30.1 Å². The molecule has 1 aromatic heterocycles. The Morgan fingerprint density at radius 1 is 1.64 bits per heavy atom. The van der Waals surface area contributed by atoms with Crippen molar-refractivity contribution in [2.45, 2.75) is 25.4 Å². The van der Waals surface area contributed by atoms with Crippen LogP contribution in [0.5, 0.6) is 0 Å². The Labute approximate surface area is 84.9 Å². The van der Waals surface area contributed by atoms with Crippen LogP contribution >= 0.6 is 0 Å². The molecule has 1 aliphatic rings. The van der Waals surface area contributed by atoms with Gasteiger partial charge in [0, 0.05) is 18.0 Å². The van der Waals surface area contributed by atoms with Crippen molar-refractivity contribution in [1.82, 2.24) is 15.6 Å². The summed E-state index contributed by atoms with van der Waals surface area (Å²) >= 11 is 0. The van der Waals surface area contributed by atoms with Gasteiger partial charge in [0.25, 0.3) is 0 Å². The Balaban J connectivity index is 2.27. The van der Waals surface area contributed by atoms with Gasteiger partial charge in [-0.25, -0.2) is 0 Å². The Bertz CT molecular complexity index is 278. The molecule has 2 N–H and O–H groups in total. The Hall–Kier alpha value is -0.930. The van der Waals surface area contributed by atoms with Gasteiger partial charge >= 0.3 is 0 Å². The molecular formula is C11H17N3. The first-order chi connectivity index (χ1) is 6.87. The van der Waals surface area contributed by atoms with Gasteiger partial charge in [-0.15, -0.1) is 0 Å². The van der Waals surface area contributed by atoms with E-state index in [1.54, 1.807) is 0 Å². The monoisotopic (exact) mass is 191 g/mol. The Morgan fingerprint density at radius 3 is 3.14 bits per heavy atom. The van der Waals surface area contributed by atoms with E-state index in [-0.39, 0.29) is 5.66 Å². The lowest BCUT2D eigenvalue weighted by Crippen LogP contribution is -2.49. The molecule has 0 aromatic carbocycles. The highest BCUT2D eigenvalue weighted by Gasteiger charge is 2.34. The summed E-state index contributed by atoms with van der Waals surface area (Å²) in [5.41, 5.74) is 1.22. The van der Waals surface area contributed by atoms with Crippen molar-refractivity contribution < 1.29 is 0 Å². The normalized spacial score (nSPS) is 26.6. The third-order valence-corrected chi connectivity index (χ3v) is 2.79. The van der Waals surface area contributed by atoms with Gasteiger partial charge < -0.3 is 0 Å². The van der Waals surface area contributed by atoms with Gasteiger partial charge in [0.15, 0.2) is 0 Å². The van der Waals surface area contributed by atoms with Gasteiger partial charge in [0.1, 0.15) is 0 Å². The zero-order chi connectivity index (χ0) is 9.86. The summed E-state index contributed by atoms with van der Waals surface area (Å²) in [6.45, 7) is 4.20. The smallest absolute Gasteiger partial charge is 0.0965 e. The van der Waals surface area contributed by atoms with Crippen molar-refractivity contribution >= 4 is 0 Å². The van der Waals surface area contributed by atoms with Crippen LogP contribution in [0.15, 0.2) is 24.5 Å². The minimum atomic E-state index is -0.0248. The lowest BCUT2D eigenvalue weighted by Gasteiger charge is -2.30. The van der Waals surface area contributed by atoms with Crippen LogP contribution in [0.25, 0.3) is 0 Å². The fraction of sp³-hybridized carbons (Fsp3) is 0.545. The van der Waals surface area contributed by atoms with Crippen molar-refractivity contribution in [3.8, 4) is 0 Å². The minimum absolute atomic E-state index is 0.0248. The molecule has 0 amide bonds. The Morgan fingerprint density at radius 2 is 2.57 bits per heavy atom. The van der Waals surface area contributed by atoms with Crippen molar-refractivity contribution in [2.75, 3.05) is 13.1 Å². The lowest BCUT2D eigenvalue weighted by atomic mass is 9.99. The molecule has 0 radical (unpaired) electrons. The highest BCUT2D eigenvalue weighted by atomic mass is 15.2. The minimum Gasteiger partial charge on any atom is -0.296 e. The van der Waals surface area contributed by atoms with Crippen molar-refractivity contribution in [1.29, 1.82) is 0 Å². The highest BCUT2D eigenvalue weighted by Crippen LogP contribution is 2.27. The maximum atomic E-state index is 4.18. The molecule has 3 nitrogen and oxygen atoms in total. The number of hydrogen-bond acceptors (Lipinski definition) is 3. The summed E-state index contributed by atoms with van der Waals surface area (Å²) in [4.78, 5) is 4.18. The van der Waals surface area contributed by atoms with Crippen LogP contribution in [0.4, 0.5) is 0 Å². The average molecular weight is 191 g/mol. The average Bonchev–Trinajstić information content (AvgIpc) is 2.70. The van der Waals surface area contributed by atoms with Crippen LogP contribution in [0.1, 0.15) is 25.3 Å². The third-order valence-electron chi connectivity index (χ3n) is 2.79.